The average Bonchev–Trinajstić information content (AvgIpc) is 2.22. The Bertz CT molecular complexity index is 582. The highest BCUT2D eigenvalue weighted by atomic mass is 79.9. The Kier molecular flexibility index (Phi) is 4.87. The van der Waals surface area contributed by atoms with Crippen LogP contribution in [0, 0.1) is 0 Å². The van der Waals surface area contributed by atoms with Crippen LogP contribution in [0.1, 0.15) is 32.4 Å². The summed E-state index contributed by atoms with van der Waals surface area (Å²) in [6.45, 7) is 3.96. The SMILES string of the molecule is CC(C)(C)S(=O)(=O)NC(c1cncc(Br)c1)C(F)(F)F. The van der Waals surface area contributed by atoms with E-state index in [1.165, 1.54) is 33.0 Å². The first-order valence-corrected chi connectivity index (χ1v) is 7.81. The Balaban J connectivity index is 3.24. The molecule has 1 atom stereocenters. The standard InChI is InChI=1S/C11H14BrF3N2O2S/c1-10(2,3)20(18,19)17-9(11(13,14)15)7-4-8(12)6-16-5-7/h4-6,9,17H,1-3H3. The van der Waals surface area contributed by atoms with Crippen molar-refractivity contribution in [2.45, 2.75) is 37.7 Å². The summed E-state index contributed by atoms with van der Waals surface area (Å²) < 4.78 is 63.8. The van der Waals surface area contributed by atoms with Gasteiger partial charge in [-0.1, -0.05) is 0 Å². The van der Waals surface area contributed by atoms with Crippen molar-refractivity contribution in [2.75, 3.05) is 0 Å². The summed E-state index contributed by atoms with van der Waals surface area (Å²) in [6.07, 6.45) is -2.47. The molecule has 9 heteroatoms. The molecule has 1 aromatic heterocycles. The number of rotatable bonds is 3. The summed E-state index contributed by atoms with van der Waals surface area (Å²) in [7, 11) is -4.15. The molecule has 0 amide bonds. The highest BCUT2D eigenvalue weighted by Crippen LogP contribution is 2.35. The van der Waals surface area contributed by atoms with Crippen LogP contribution >= 0.6 is 15.9 Å². The number of pyridine rings is 1. The lowest BCUT2D eigenvalue weighted by atomic mass is 10.1. The molecule has 1 unspecified atom stereocenters. The van der Waals surface area contributed by atoms with Crippen LogP contribution in [0.15, 0.2) is 22.9 Å². The highest BCUT2D eigenvalue weighted by molar-refractivity contribution is 9.10. The maximum absolute atomic E-state index is 13.1. The molecule has 1 aromatic rings. The van der Waals surface area contributed by atoms with Crippen LogP contribution in [0.3, 0.4) is 0 Å². The zero-order valence-corrected chi connectivity index (χ0v) is 13.4. The zero-order valence-electron chi connectivity index (χ0n) is 11.0. The summed E-state index contributed by atoms with van der Waals surface area (Å²) in [6, 6.07) is -1.16. The fourth-order valence-corrected chi connectivity index (χ4v) is 2.56. The minimum atomic E-state index is -4.76. The van der Waals surface area contributed by atoms with Crippen molar-refractivity contribution in [2.24, 2.45) is 0 Å². The molecule has 0 fully saturated rings. The van der Waals surface area contributed by atoms with Crippen molar-refractivity contribution in [1.29, 1.82) is 0 Å². The Morgan fingerprint density at radius 1 is 1.25 bits per heavy atom. The Hall–Kier alpha value is -0.670. The maximum Gasteiger partial charge on any atom is 0.408 e. The van der Waals surface area contributed by atoms with Gasteiger partial charge in [0.1, 0.15) is 6.04 Å². The van der Waals surface area contributed by atoms with E-state index in [4.69, 9.17) is 0 Å². The van der Waals surface area contributed by atoms with Gasteiger partial charge < -0.3 is 0 Å². The lowest BCUT2D eigenvalue weighted by molar-refractivity contribution is -0.153. The second-order valence-corrected chi connectivity index (χ2v) is 8.53. The van der Waals surface area contributed by atoms with E-state index in [1.54, 1.807) is 4.72 Å². The third kappa shape index (κ3) is 4.16. The first-order chi connectivity index (χ1) is 8.84. The molecule has 114 valence electrons. The van der Waals surface area contributed by atoms with Crippen LogP contribution in [-0.2, 0) is 10.0 Å². The molecule has 4 nitrogen and oxygen atoms in total. The molecule has 1 N–H and O–H groups in total. The van der Waals surface area contributed by atoms with E-state index in [0.29, 0.717) is 4.47 Å². The highest BCUT2D eigenvalue weighted by Gasteiger charge is 2.45. The summed E-state index contributed by atoms with van der Waals surface area (Å²) in [5.41, 5.74) is -0.278. The van der Waals surface area contributed by atoms with Gasteiger partial charge in [-0.2, -0.15) is 17.9 Å². The van der Waals surface area contributed by atoms with E-state index in [-0.39, 0.29) is 5.56 Å². The third-order valence-corrected chi connectivity index (χ3v) is 5.06. The van der Waals surface area contributed by atoms with E-state index in [0.717, 1.165) is 6.20 Å². The van der Waals surface area contributed by atoms with Crippen LogP contribution in [0.25, 0.3) is 0 Å². The molecule has 20 heavy (non-hydrogen) atoms. The topological polar surface area (TPSA) is 59.1 Å². The Morgan fingerprint density at radius 2 is 1.80 bits per heavy atom. The van der Waals surface area contributed by atoms with E-state index in [9.17, 15) is 21.6 Å². The number of alkyl halides is 3. The van der Waals surface area contributed by atoms with Gasteiger partial charge in [0.05, 0.1) is 4.75 Å². The molecule has 0 aliphatic heterocycles. The monoisotopic (exact) mass is 374 g/mol. The van der Waals surface area contributed by atoms with Gasteiger partial charge in [0.25, 0.3) is 0 Å². The zero-order chi connectivity index (χ0) is 15.8. The number of nitrogens with zero attached hydrogens (tertiary/aromatic N) is 1. The lowest BCUT2D eigenvalue weighted by Gasteiger charge is -2.26. The predicted molar refractivity (Wildman–Crippen MR) is 72.5 cm³/mol. The average molecular weight is 375 g/mol. The van der Waals surface area contributed by atoms with Crippen molar-refractivity contribution in [3.63, 3.8) is 0 Å². The maximum atomic E-state index is 13.1. The Morgan fingerprint density at radius 3 is 2.20 bits per heavy atom. The normalized spacial score (nSPS) is 15.2. The van der Waals surface area contributed by atoms with E-state index in [2.05, 4.69) is 20.9 Å². The molecular formula is C11H14BrF3N2O2S. The van der Waals surface area contributed by atoms with Gasteiger partial charge in [-0.05, 0) is 48.3 Å². The molecule has 0 saturated heterocycles. The van der Waals surface area contributed by atoms with Crippen LogP contribution in [0.4, 0.5) is 13.2 Å². The number of sulfonamides is 1. The Labute approximate surface area is 124 Å². The number of halogens is 4. The fraction of sp³-hybridized carbons (Fsp3) is 0.545. The number of aromatic nitrogens is 1. The van der Waals surface area contributed by atoms with E-state index >= 15 is 0 Å². The minimum absolute atomic E-state index is 0.278. The van der Waals surface area contributed by atoms with Crippen LogP contribution in [0.2, 0.25) is 0 Å². The summed E-state index contributed by atoms with van der Waals surface area (Å²) in [5.74, 6) is 0. The molecule has 1 heterocycles. The molecule has 1 rings (SSSR count). The predicted octanol–water partition coefficient (Wildman–Crippen LogP) is 3.17. The van der Waals surface area contributed by atoms with E-state index < -0.39 is 27.0 Å². The lowest BCUT2D eigenvalue weighted by Crippen LogP contribution is -2.45. The molecule has 0 spiro atoms. The van der Waals surface area contributed by atoms with Crippen LogP contribution in [-0.4, -0.2) is 24.3 Å². The molecule has 0 aliphatic carbocycles. The molecular weight excluding hydrogens is 361 g/mol. The fourth-order valence-electron chi connectivity index (χ4n) is 1.24. The molecule has 0 aromatic carbocycles. The van der Waals surface area contributed by atoms with Gasteiger partial charge in [0.2, 0.25) is 10.0 Å². The van der Waals surface area contributed by atoms with Gasteiger partial charge >= 0.3 is 6.18 Å². The van der Waals surface area contributed by atoms with Crippen molar-refractivity contribution in [1.82, 2.24) is 9.71 Å². The molecule has 0 aliphatic rings. The summed E-state index contributed by atoms with van der Waals surface area (Å²) in [4.78, 5) is 3.63. The van der Waals surface area contributed by atoms with Gasteiger partial charge in [-0.3, -0.25) is 4.98 Å². The quantitative estimate of drug-likeness (QED) is 0.883. The number of hydrogen-bond donors (Lipinski definition) is 1. The molecule has 0 saturated carbocycles. The second-order valence-electron chi connectivity index (χ2n) is 5.14. The summed E-state index contributed by atoms with van der Waals surface area (Å²) >= 11 is 3.01. The van der Waals surface area contributed by atoms with E-state index in [1.807, 2.05) is 0 Å². The summed E-state index contributed by atoms with van der Waals surface area (Å²) in [5, 5.41) is 0. The first-order valence-electron chi connectivity index (χ1n) is 5.53. The largest absolute Gasteiger partial charge is 0.408 e. The van der Waals surface area contributed by atoms with Crippen molar-refractivity contribution in [3.05, 3.63) is 28.5 Å². The number of nitrogens with one attached hydrogen (secondary N) is 1. The van der Waals surface area contributed by atoms with Gasteiger partial charge in [0.15, 0.2) is 0 Å². The van der Waals surface area contributed by atoms with Gasteiger partial charge in [-0.15, -0.1) is 0 Å². The molecule has 0 bridgehead atoms. The third-order valence-electron chi connectivity index (χ3n) is 2.47. The molecule has 0 radical (unpaired) electrons. The van der Waals surface area contributed by atoms with Crippen LogP contribution < -0.4 is 4.72 Å². The first kappa shape index (κ1) is 17.4. The minimum Gasteiger partial charge on any atom is -0.263 e. The second kappa shape index (κ2) is 5.61. The van der Waals surface area contributed by atoms with Gasteiger partial charge in [-0.25, -0.2) is 8.42 Å². The van der Waals surface area contributed by atoms with Crippen molar-refractivity contribution in [3.8, 4) is 0 Å². The smallest absolute Gasteiger partial charge is 0.263 e. The van der Waals surface area contributed by atoms with Crippen LogP contribution in [0.5, 0.6) is 0 Å². The number of hydrogen-bond acceptors (Lipinski definition) is 3. The van der Waals surface area contributed by atoms with Crippen molar-refractivity contribution >= 4 is 26.0 Å². The van der Waals surface area contributed by atoms with Gasteiger partial charge in [0, 0.05) is 16.9 Å². The van der Waals surface area contributed by atoms with Crippen molar-refractivity contribution < 1.29 is 21.6 Å².